The fourth-order valence-electron chi connectivity index (χ4n) is 10.3. The maximum Gasteiger partial charge on any atom is 0.418 e. The van der Waals surface area contributed by atoms with Gasteiger partial charge in [0, 0.05) is 54.9 Å². The Balaban J connectivity index is 1.17. The van der Waals surface area contributed by atoms with Crippen LogP contribution in [0.5, 0.6) is 0 Å². The van der Waals surface area contributed by atoms with Crippen LogP contribution >= 0.6 is 0 Å². The van der Waals surface area contributed by atoms with Gasteiger partial charge in [0.1, 0.15) is 46.6 Å². The summed E-state index contributed by atoms with van der Waals surface area (Å²) in [6.45, 7) is 14.4. The van der Waals surface area contributed by atoms with Crippen molar-refractivity contribution in [3.63, 3.8) is 0 Å². The summed E-state index contributed by atoms with van der Waals surface area (Å²) in [6.07, 6.45) is -4.85. The second-order valence-electron chi connectivity index (χ2n) is 18.7. The fraction of sp³-hybridized carbons (Fsp3) is 0.155. The van der Waals surface area contributed by atoms with Gasteiger partial charge in [-0.25, -0.2) is 59.8 Å². The lowest BCUT2D eigenvalue weighted by molar-refractivity contribution is -0.137. The predicted octanol–water partition coefficient (Wildman–Crippen LogP) is 12.3. The van der Waals surface area contributed by atoms with Crippen molar-refractivity contribution in [2.45, 2.75) is 61.6 Å². The van der Waals surface area contributed by atoms with Crippen LogP contribution in [0.4, 0.5) is 13.2 Å². The summed E-state index contributed by atoms with van der Waals surface area (Å²) in [5.74, 6) is 6.19. The lowest BCUT2D eigenvalue weighted by atomic mass is 9.95. The first-order valence-electron chi connectivity index (χ1n) is 24.2. The average molecular weight is 1010 g/mol. The largest absolute Gasteiger partial charge is 0.418 e. The lowest BCUT2D eigenvalue weighted by Crippen LogP contribution is -2.12. The van der Waals surface area contributed by atoms with Crippen LogP contribution in [0.15, 0.2) is 109 Å². The number of halogens is 3. The zero-order chi connectivity index (χ0) is 52.9. The summed E-state index contributed by atoms with van der Waals surface area (Å²) in [6, 6.07) is 34.3. The van der Waals surface area contributed by atoms with E-state index in [-0.39, 0.29) is 16.8 Å². The summed E-state index contributed by atoms with van der Waals surface area (Å²) in [4.78, 5) is 54.8. The molecule has 0 N–H and O–H groups in total. The standard InChI is InChI=1S/C58H42F3N15/c1-28-63-29(2)68-54(67-28)37-13-18-49-43(23-37)44-24-38(55-69-30(3)64-31(4)70-55)14-19-50(44)75(49)48-17-12-36(27-62)22-42(48)41-10-9-11-47(58(59,60)61)53(41)76-51-20-15-39(56-71-32(5)65-33(6)72-56)25-45(51)46-26-40(16-21-52(46)76)57-73-34(7)66-35(8)74-57/h9-26H,1-8H3. The number of rotatable bonds is 7. The SMILES string of the molecule is Cc1nc(C)nc(-c2ccc3c(c2)c2cc(-c4nc(C)nc(C)n4)ccc2n3-c2ccc(C#N)cc2-c2cccc(C(F)(F)F)c2-n2c3ccc(-c4nc(C)nc(C)n4)cc3c3cc(-c4nc(C)nc(C)n4)ccc32)n1. The van der Waals surface area contributed by atoms with E-state index in [9.17, 15) is 5.26 Å². The van der Waals surface area contributed by atoms with Crippen molar-refractivity contribution in [1.29, 1.82) is 5.26 Å². The van der Waals surface area contributed by atoms with Gasteiger partial charge in [-0.05, 0) is 152 Å². The molecule has 12 aromatic rings. The molecule has 0 aliphatic rings. The van der Waals surface area contributed by atoms with Gasteiger partial charge < -0.3 is 9.13 Å². The van der Waals surface area contributed by atoms with Crippen molar-refractivity contribution in [2.75, 3.05) is 0 Å². The minimum absolute atomic E-state index is 0.142. The molecule has 15 nitrogen and oxygen atoms in total. The van der Waals surface area contributed by atoms with Gasteiger partial charge in [0.15, 0.2) is 23.3 Å². The number of hydrogen-bond acceptors (Lipinski definition) is 13. The minimum Gasteiger partial charge on any atom is -0.309 e. The zero-order valence-corrected chi connectivity index (χ0v) is 42.2. The molecule has 0 amide bonds. The third-order valence-electron chi connectivity index (χ3n) is 13.2. The lowest BCUT2D eigenvalue weighted by Gasteiger charge is -2.22. The molecular weight excluding hydrogens is 964 g/mol. The summed E-state index contributed by atoms with van der Waals surface area (Å²) >= 11 is 0. The van der Waals surface area contributed by atoms with E-state index in [0.717, 1.165) is 39.0 Å². The van der Waals surface area contributed by atoms with Crippen molar-refractivity contribution in [1.82, 2.24) is 68.9 Å². The summed E-state index contributed by atoms with van der Waals surface area (Å²) in [7, 11) is 0. The van der Waals surface area contributed by atoms with E-state index in [2.05, 4.69) is 65.9 Å². The molecule has 0 spiro atoms. The van der Waals surface area contributed by atoms with Gasteiger partial charge in [-0.2, -0.15) is 18.4 Å². The van der Waals surface area contributed by atoms with Gasteiger partial charge in [0.25, 0.3) is 0 Å². The highest BCUT2D eigenvalue weighted by Crippen LogP contribution is 2.47. The molecule has 0 saturated heterocycles. The van der Waals surface area contributed by atoms with Crippen LogP contribution in [0.3, 0.4) is 0 Å². The highest BCUT2D eigenvalue weighted by molar-refractivity contribution is 6.14. The van der Waals surface area contributed by atoms with Gasteiger partial charge in [-0.3, -0.25) is 0 Å². The van der Waals surface area contributed by atoms with Crippen LogP contribution in [-0.4, -0.2) is 68.9 Å². The number of aryl methyl sites for hydroxylation is 8. The quantitative estimate of drug-likeness (QED) is 0.147. The van der Waals surface area contributed by atoms with E-state index in [4.69, 9.17) is 0 Å². The minimum atomic E-state index is -4.85. The van der Waals surface area contributed by atoms with Crippen LogP contribution in [0.2, 0.25) is 0 Å². The molecule has 0 aliphatic heterocycles. The second-order valence-corrected chi connectivity index (χ2v) is 18.7. The number of aromatic nitrogens is 14. The average Bonchev–Trinajstić information content (AvgIpc) is 3.89. The molecule has 0 aliphatic carbocycles. The topological polar surface area (TPSA) is 188 Å². The van der Waals surface area contributed by atoms with Gasteiger partial charge in [-0.1, -0.05) is 12.1 Å². The second kappa shape index (κ2) is 17.7. The van der Waals surface area contributed by atoms with Gasteiger partial charge in [0.05, 0.1) is 50.6 Å². The van der Waals surface area contributed by atoms with E-state index in [0.29, 0.717) is 114 Å². The molecule has 6 aromatic heterocycles. The summed E-state index contributed by atoms with van der Waals surface area (Å²) in [5.41, 5.74) is 5.48. The van der Waals surface area contributed by atoms with Gasteiger partial charge in [-0.15, -0.1) is 0 Å². The number of benzene rings is 6. The fourth-order valence-corrected chi connectivity index (χ4v) is 10.3. The Labute approximate surface area is 432 Å². The molecule has 0 atom stereocenters. The Morgan fingerprint density at radius 2 is 0.724 bits per heavy atom. The van der Waals surface area contributed by atoms with E-state index in [1.165, 1.54) is 6.07 Å². The molecule has 0 radical (unpaired) electrons. The molecule has 0 fully saturated rings. The number of nitriles is 1. The Bertz CT molecular complexity index is 4180. The van der Waals surface area contributed by atoms with Crippen LogP contribution in [0, 0.1) is 66.7 Å². The molecule has 0 saturated carbocycles. The number of nitrogens with zero attached hydrogens (tertiary/aromatic N) is 15. The number of para-hydroxylation sites is 1. The Morgan fingerprint density at radius 1 is 0.382 bits per heavy atom. The van der Waals surface area contributed by atoms with E-state index in [1.54, 1.807) is 68.7 Å². The predicted molar refractivity (Wildman–Crippen MR) is 283 cm³/mol. The highest BCUT2D eigenvalue weighted by atomic mass is 19.4. The maximum absolute atomic E-state index is 16.1. The van der Waals surface area contributed by atoms with Crippen LogP contribution in [0.25, 0.3) is 112 Å². The highest BCUT2D eigenvalue weighted by Gasteiger charge is 2.37. The molecule has 18 heteroatoms. The van der Waals surface area contributed by atoms with Crippen molar-refractivity contribution < 1.29 is 13.2 Å². The van der Waals surface area contributed by atoms with Crippen molar-refractivity contribution in [2.24, 2.45) is 0 Å². The van der Waals surface area contributed by atoms with Crippen molar-refractivity contribution in [3.05, 3.63) is 167 Å². The van der Waals surface area contributed by atoms with E-state index in [1.807, 2.05) is 92.9 Å². The van der Waals surface area contributed by atoms with E-state index >= 15 is 13.2 Å². The first-order chi connectivity index (χ1) is 36.5. The molecular formula is C58H42F3N15. The van der Waals surface area contributed by atoms with Crippen molar-refractivity contribution in [3.8, 4) is 74.1 Å². The molecule has 6 heterocycles. The number of alkyl halides is 3. The normalized spacial score (nSPS) is 11.9. The third-order valence-corrected chi connectivity index (χ3v) is 13.2. The van der Waals surface area contributed by atoms with E-state index < -0.39 is 11.7 Å². The Hall–Kier alpha value is -9.76. The number of hydrogen-bond donors (Lipinski definition) is 0. The zero-order valence-electron chi connectivity index (χ0n) is 42.2. The molecule has 370 valence electrons. The first kappa shape index (κ1) is 47.3. The Morgan fingerprint density at radius 3 is 1.05 bits per heavy atom. The first-order valence-corrected chi connectivity index (χ1v) is 24.2. The van der Waals surface area contributed by atoms with Crippen LogP contribution < -0.4 is 0 Å². The third kappa shape index (κ3) is 8.18. The molecule has 0 bridgehead atoms. The molecule has 76 heavy (non-hydrogen) atoms. The van der Waals surface area contributed by atoms with Crippen molar-refractivity contribution >= 4 is 43.6 Å². The van der Waals surface area contributed by atoms with Gasteiger partial charge in [0.2, 0.25) is 0 Å². The maximum atomic E-state index is 16.1. The molecule has 6 aromatic carbocycles. The summed E-state index contributed by atoms with van der Waals surface area (Å²) in [5, 5.41) is 13.4. The summed E-state index contributed by atoms with van der Waals surface area (Å²) < 4.78 is 52.0. The monoisotopic (exact) mass is 1010 g/mol. The van der Waals surface area contributed by atoms with Crippen LogP contribution in [0.1, 0.15) is 57.7 Å². The van der Waals surface area contributed by atoms with Gasteiger partial charge >= 0.3 is 6.18 Å². The smallest absolute Gasteiger partial charge is 0.309 e. The van der Waals surface area contributed by atoms with Crippen LogP contribution in [-0.2, 0) is 6.18 Å². The molecule has 12 rings (SSSR count). The molecule has 0 unspecified atom stereocenters. The Kier molecular flexibility index (Phi) is 11.0. The number of fused-ring (bicyclic) bond motifs is 6.